The summed E-state index contributed by atoms with van der Waals surface area (Å²) in [5.41, 5.74) is 3.53. The maximum absolute atomic E-state index is 5.55. The zero-order chi connectivity index (χ0) is 20.1. The van der Waals surface area contributed by atoms with E-state index in [1.165, 1.54) is 30.4 Å². The van der Waals surface area contributed by atoms with E-state index < -0.39 is 0 Å². The number of nitrogens with zero attached hydrogens (tertiary/aromatic N) is 4. The van der Waals surface area contributed by atoms with Crippen molar-refractivity contribution in [2.45, 2.75) is 43.6 Å². The number of thioether (sulfide) groups is 1. The van der Waals surface area contributed by atoms with Crippen LogP contribution in [0.15, 0.2) is 53.7 Å². The van der Waals surface area contributed by atoms with Gasteiger partial charge in [0.25, 0.3) is 0 Å². The van der Waals surface area contributed by atoms with Crippen molar-refractivity contribution < 1.29 is 4.74 Å². The van der Waals surface area contributed by atoms with Crippen molar-refractivity contribution in [1.82, 2.24) is 19.7 Å². The van der Waals surface area contributed by atoms with Gasteiger partial charge in [0.1, 0.15) is 5.75 Å². The second-order valence-electron chi connectivity index (χ2n) is 7.51. The quantitative estimate of drug-likeness (QED) is 0.522. The van der Waals surface area contributed by atoms with Gasteiger partial charge < -0.3 is 4.74 Å². The first-order valence-electron chi connectivity index (χ1n) is 10.2. The number of methoxy groups -OCH3 is 1. The van der Waals surface area contributed by atoms with E-state index in [0.29, 0.717) is 0 Å². The summed E-state index contributed by atoms with van der Waals surface area (Å²) in [4.78, 5) is 2.49. The molecule has 29 heavy (non-hydrogen) atoms. The van der Waals surface area contributed by atoms with Crippen molar-refractivity contribution in [3.8, 4) is 11.4 Å². The molecule has 152 valence electrons. The lowest BCUT2D eigenvalue weighted by Crippen LogP contribution is -2.30. The monoisotopic (exact) mass is 408 g/mol. The molecule has 0 aliphatic carbocycles. The van der Waals surface area contributed by atoms with E-state index in [1.807, 2.05) is 12.1 Å². The second kappa shape index (κ2) is 9.46. The molecule has 4 rings (SSSR count). The van der Waals surface area contributed by atoms with Crippen LogP contribution in [0.3, 0.4) is 0 Å². The Hall–Kier alpha value is -2.31. The third kappa shape index (κ3) is 4.82. The maximum atomic E-state index is 5.55. The smallest absolute Gasteiger partial charge is 0.196 e. The molecule has 0 saturated carbocycles. The number of para-hydroxylation sites is 1. The molecule has 1 aliphatic heterocycles. The van der Waals surface area contributed by atoms with Gasteiger partial charge in [-0.2, -0.15) is 0 Å². The van der Waals surface area contributed by atoms with Gasteiger partial charge in [0.05, 0.1) is 13.7 Å². The molecule has 5 nitrogen and oxygen atoms in total. The topological polar surface area (TPSA) is 43.2 Å². The zero-order valence-electron chi connectivity index (χ0n) is 17.2. The van der Waals surface area contributed by atoms with E-state index in [4.69, 9.17) is 4.74 Å². The summed E-state index contributed by atoms with van der Waals surface area (Å²) in [7, 11) is 1.72. The number of benzene rings is 2. The number of likely N-dealkylation sites (tertiary alicyclic amines) is 1. The first-order chi connectivity index (χ1) is 14.2. The number of hydrogen-bond acceptors (Lipinski definition) is 5. The summed E-state index contributed by atoms with van der Waals surface area (Å²) in [6, 6.07) is 16.7. The van der Waals surface area contributed by atoms with Crippen LogP contribution in [0.25, 0.3) is 5.69 Å². The molecule has 3 aromatic rings. The molecule has 6 heteroatoms. The van der Waals surface area contributed by atoms with Gasteiger partial charge >= 0.3 is 0 Å². The Kier molecular flexibility index (Phi) is 6.52. The Morgan fingerprint density at radius 2 is 1.79 bits per heavy atom. The number of aromatic nitrogens is 3. The van der Waals surface area contributed by atoms with Gasteiger partial charge in [-0.1, -0.05) is 54.1 Å². The first kappa shape index (κ1) is 20.0. The van der Waals surface area contributed by atoms with Crippen LogP contribution in [-0.4, -0.2) is 39.9 Å². The van der Waals surface area contributed by atoms with Crippen LogP contribution < -0.4 is 4.74 Å². The third-order valence-electron chi connectivity index (χ3n) is 5.32. The number of aryl methyl sites for hydroxylation is 1. The summed E-state index contributed by atoms with van der Waals surface area (Å²) in [6.45, 7) is 5.24. The molecule has 0 radical (unpaired) electrons. The number of hydrogen-bond donors (Lipinski definition) is 0. The SMILES string of the molecule is COc1ccc(C)cc1CSc1nnc(CN2CCCCC2)n1-c1ccccc1. The van der Waals surface area contributed by atoms with Crippen LogP contribution in [0.4, 0.5) is 0 Å². The van der Waals surface area contributed by atoms with Crippen LogP contribution in [0.1, 0.15) is 36.2 Å². The van der Waals surface area contributed by atoms with Gasteiger partial charge in [-0.25, -0.2) is 0 Å². The fourth-order valence-corrected chi connectivity index (χ4v) is 4.76. The van der Waals surface area contributed by atoms with Crippen LogP contribution in [-0.2, 0) is 12.3 Å². The van der Waals surface area contributed by atoms with E-state index in [-0.39, 0.29) is 0 Å². The average molecular weight is 409 g/mol. The van der Waals surface area contributed by atoms with Crippen molar-refractivity contribution in [2.75, 3.05) is 20.2 Å². The van der Waals surface area contributed by atoms with Crippen molar-refractivity contribution in [3.63, 3.8) is 0 Å². The number of piperidine rings is 1. The predicted molar refractivity (Wildman–Crippen MR) is 118 cm³/mol. The molecule has 0 spiro atoms. The maximum Gasteiger partial charge on any atom is 0.196 e. The summed E-state index contributed by atoms with van der Waals surface area (Å²) >= 11 is 1.71. The number of ether oxygens (including phenoxy) is 1. The Balaban J connectivity index is 1.60. The van der Waals surface area contributed by atoms with Gasteiger partial charge in [-0.05, 0) is 51.1 Å². The van der Waals surface area contributed by atoms with Crippen LogP contribution >= 0.6 is 11.8 Å². The highest BCUT2D eigenvalue weighted by atomic mass is 32.2. The molecule has 2 heterocycles. The van der Waals surface area contributed by atoms with E-state index >= 15 is 0 Å². The van der Waals surface area contributed by atoms with Crippen molar-refractivity contribution >= 4 is 11.8 Å². The van der Waals surface area contributed by atoms with E-state index in [1.54, 1.807) is 18.9 Å². The fraction of sp³-hybridized carbons (Fsp3) is 0.391. The first-order valence-corrected chi connectivity index (χ1v) is 11.2. The Bertz CT molecular complexity index is 935. The molecule has 1 saturated heterocycles. The summed E-state index contributed by atoms with van der Waals surface area (Å²) < 4.78 is 7.76. The van der Waals surface area contributed by atoms with Crippen LogP contribution in [0.2, 0.25) is 0 Å². The van der Waals surface area contributed by atoms with Crippen molar-refractivity contribution in [3.05, 3.63) is 65.5 Å². The number of rotatable bonds is 7. The Morgan fingerprint density at radius 3 is 2.55 bits per heavy atom. The van der Waals surface area contributed by atoms with Gasteiger partial charge in [0, 0.05) is 17.0 Å². The molecular formula is C23H28N4OS. The predicted octanol–water partition coefficient (Wildman–Crippen LogP) is 4.86. The largest absolute Gasteiger partial charge is 0.496 e. The molecule has 1 fully saturated rings. The molecule has 0 atom stereocenters. The highest BCUT2D eigenvalue weighted by Crippen LogP contribution is 2.30. The Labute approximate surface area is 177 Å². The molecular weight excluding hydrogens is 380 g/mol. The molecule has 0 N–H and O–H groups in total. The zero-order valence-corrected chi connectivity index (χ0v) is 18.0. The molecule has 2 aromatic carbocycles. The van der Waals surface area contributed by atoms with E-state index in [9.17, 15) is 0 Å². The highest BCUT2D eigenvalue weighted by molar-refractivity contribution is 7.98. The standard InChI is InChI=1S/C23H28N4OS/c1-18-11-12-21(28-2)19(15-18)17-29-23-25-24-22(16-26-13-7-4-8-14-26)27(23)20-9-5-3-6-10-20/h3,5-6,9-12,15H,4,7-8,13-14,16-17H2,1-2H3. The highest BCUT2D eigenvalue weighted by Gasteiger charge is 2.19. The minimum absolute atomic E-state index is 0.791. The molecule has 0 unspecified atom stereocenters. The fourth-order valence-electron chi connectivity index (χ4n) is 3.81. The minimum atomic E-state index is 0.791. The molecule has 1 aromatic heterocycles. The minimum Gasteiger partial charge on any atom is -0.496 e. The van der Waals surface area contributed by atoms with E-state index in [0.717, 1.165) is 47.8 Å². The molecule has 1 aliphatic rings. The normalized spacial score (nSPS) is 14.8. The van der Waals surface area contributed by atoms with Gasteiger partial charge in [0.15, 0.2) is 11.0 Å². The van der Waals surface area contributed by atoms with Gasteiger partial charge in [-0.3, -0.25) is 9.47 Å². The lowest BCUT2D eigenvalue weighted by Gasteiger charge is -2.26. The summed E-state index contributed by atoms with van der Waals surface area (Å²) in [5, 5.41) is 10.1. The third-order valence-corrected chi connectivity index (χ3v) is 6.30. The lowest BCUT2D eigenvalue weighted by atomic mass is 10.1. The molecule has 0 amide bonds. The van der Waals surface area contributed by atoms with Crippen LogP contribution in [0.5, 0.6) is 5.75 Å². The van der Waals surface area contributed by atoms with Gasteiger partial charge in [0.2, 0.25) is 0 Å². The second-order valence-corrected chi connectivity index (χ2v) is 8.45. The van der Waals surface area contributed by atoms with Crippen molar-refractivity contribution in [2.24, 2.45) is 0 Å². The molecule has 0 bridgehead atoms. The summed E-state index contributed by atoms with van der Waals surface area (Å²) in [6.07, 6.45) is 3.88. The Morgan fingerprint density at radius 1 is 1.00 bits per heavy atom. The van der Waals surface area contributed by atoms with Crippen LogP contribution in [0, 0.1) is 6.92 Å². The van der Waals surface area contributed by atoms with E-state index in [2.05, 4.69) is 63.0 Å². The average Bonchev–Trinajstić information content (AvgIpc) is 3.16. The van der Waals surface area contributed by atoms with Crippen molar-refractivity contribution in [1.29, 1.82) is 0 Å². The van der Waals surface area contributed by atoms with Gasteiger partial charge in [-0.15, -0.1) is 10.2 Å². The lowest BCUT2D eigenvalue weighted by molar-refractivity contribution is 0.214. The summed E-state index contributed by atoms with van der Waals surface area (Å²) in [5.74, 6) is 2.72.